The monoisotopic (exact) mass is 575 g/mol. The van der Waals surface area contributed by atoms with Crippen LogP contribution in [0.5, 0.6) is 5.75 Å². The number of amides is 1. The van der Waals surface area contributed by atoms with Crippen LogP contribution in [0.3, 0.4) is 0 Å². The Bertz CT molecular complexity index is 1280. The second-order valence-electron chi connectivity index (χ2n) is 11.2. The van der Waals surface area contributed by atoms with Gasteiger partial charge in [0.2, 0.25) is 6.41 Å². The molecule has 0 spiro atoms. The Morgan fingerprint density at radius 1 is 1.17 bits per heavy atom. The maximum absolute atomic E-state index is 12.1. The summed E-state index contributed by atoms with van der Waals surface area (Å²) in [6.07, 6.45) is 9.79. The van der Waals surface area contributed by atoms with Crippen molar-refractivity contribution < 1.29 is 23.8 Å². The first-order valence-electron chi connectivity index (χ1n) is 14.9. The fourth-order valence-electron chi connectivity index (χ4n) is 5.91. The Labute approximate surface area is 247 Å². The number of carbonyl (C=O) groups excluding carboxylic acids is 2. The number of piperazine rings is 1. The van der Waals surface area contributed by atoms with Gasteiger partial charge in [-0.1, -0.05) is 0 Å². The third-order valence-electron chi connectivity index (χ3n) is 8.01. The summed E-state index contributed by atoms with van der Waals surface area (Å²) in [7, 11) is 1.63. The van der Waals surface area contributed by atoms with E-state index in [9.17, 15) is 9.59 Å². The SMILES string of the molecule is COC1=CC2=C(N3CCN(N(C=O)c4ccc(OC(C)C)cc4)CC3)C(=C=O)C=NC2C=C1OCCCC1CCNC1. The van der Waals surface area contributed by atoms with Gasteiger partial charge >= 0.3 is 0 Å². The number of hydrogen-bond acceptors (Lipinski definition) is 9. The van der Waals surface area contributed by atoms with E-state index in [-0.39, 0.29) is 12.1 Å². The molecule has 0 aromatic heterocycles. The number of methoxy groups -OCH3 is 1. The van der Waals surface area contributed by atoms with E-state index in [2.05, 4.69) is 21.2 Å². The molecule has 10 heteroatoms. The Morgan fingerprint density at radius 2 is 1.95 bits per heavy atom. The summed E-state index contributed by atoms with van der Waals surface area (Å²) < 4.78 is 17.6. The smallest absolute Gasteiger partial charge is 0.228 e. The number of hydrogen-bond donors (Lipinski definition) is 1. The molecule has 2 saturated heterocycles. The van der Waals surface area contributed by atoms with E-state index < -0.39 is 0 Å². The standard InChI is InChI=1S/C32H41N5O5/c1-23(2)42-27-8-6-26(7-9-27)37(22-39)36-14-12-35(13-15-36)32-25(21-38)20-34-29-18-31(30(40-3)17-28(29)32)41-16-4-5-24-10-11-33-19-24/h6-9,17-18,20,22-24,29,33H,4-5,10-16,19H2,1-3H3. The highest BCUT2D eigenvalue weighted by Crippen LogP contribution is 2.35. The van der Waals surface area contributed by atoms with Crippen LogP contribution < -0.4 is 15.1 Å². The Morgan fingerprint density at radius 3 is 2.60 bits per heavy atom. The molecular weight excluding hydrogens is 534 g/mol. The molecule has 3 aliphatic heterocycles. The molecule has 3 heterocycles. The number of allylic oxidation sites excluding steroid dienone is 1. The molecule has 1 amide bonds. The first kappa shape index (κ1) is 29.6. The van der Waals surface area contributed by atoms with Crippen LogP contribution in [0.1, 0.15) is 33.1 Å². The van der Waals surface area contributed by atoms with Gasteiger partial charge in [0.05, 0.1) is 37.2 Å². The van der Waals surface area contributed by atoms with E-state index in [0.717, 1.165) is 61.0 Å². The van der Waals surface area contributed by atoms with Crippen LogP contribution in [0.15, 0.2) is 69.8 Å². The van der Waals surface area contributed by atoms with Crippen molar-refractivity contribution in [3.63, 3.8) is 0 Å². The number of fused-ring (bicyclic) bond motifs is 1. The number of dihydropyridines is 1. The zero-order valence-electron chi connectivity index (χ0n) is 24.8. The molecule has 5 rings (SSSR count). The van der Waals surface area contributed by atoms with Gasteiger partial charge in [-0.15, -0.1) is 0 Å². The highest BCUT2D eigenvalue weighted by atomic mass is 16.5. The number of anilines is 1. The van der Waals surface area contributed by atoms with Crippen LogP contribution in [-0.4, -0.2) is 93.6 Å². The lowest BCUT2D eigenvalue weighted by Crippen LogP contribution is -2.53. The molecule has 4 aliphatic rings. The molecule has 1 aliphatic carbocycles. The summed E-state index contributed by atoms with van der Waals surface area (Å²) in [6.45, 7) is 9.18. The van der Waals surface area contributed by atoms with Crippen molar-refractivity contribution in [3.8, 4) is 5.75 Å². The van der Waals surface area contributed by atoms with Crippen molar-refractivity contribution in [1.29, 1.82) is 0 Å². The van der Waals surface area contributed by atoms with Crippen LogP contribution in [0.25, 0.3) is 0 Å². The van der Waals surface area contributed by atoms with Crippen LogP contribution >= 0.6 is 0 Å². The van der Waals surface area contributed by atoms with Crippen LogP contribution in [-0.2, 0) is 19.1 Å². The van der Waals surface area contributed by atoms with Gasteiger partial charge in [-0.3, -0.25) is 9.79 Å². The quantitative estimate of drug-likeness (QED) is 0.231. The molecule has 0 saturated carbocycles. The molecule has 2 fully saturated rings. The molecule has 42 heavy (non-hydrogen) atoms. The van der Waals surface area contributed by atoms with E-state index in [1.165, 1.54) is 6.42 Å². The van der Waals surface area contributed by atoms with Gasteiger partial charge in [0.15, 0.2) is 11.5 Å². The normalized spacial score (nSPS) is 22.4. The number of nitrogens with one attached hydrogen (secondary N) is 1. The highest BCUT2D eigenvalue weighted by Gasteiger charge is 2.33. The van der Waals surface area contributed by atoms with Crippen LogP contribution in [0.4, 0.5) is 5.69 Å². The molecule has 2 atom stereocenters. The number of ether oxygens (including phenoxy) is 3. The number of carbonyl (C=O) groups is 1. The van der Waals surface area contributed by atoms with Crippen molar-refractivity contribution in [2.24, 2.45) is 10.9 Å². The number of nitrogens with zero attached hydrogens (tertiary/aromatic N) is 4. The van der Waals surface area contributed by atoms with Crippen molar-refractivity contribution in [1.82, 2.24) is 15.2 Å². The minimum atomic E-state index is -0.277. The van der Waals surface area contributed by atoms with Gasteiger partial charge < -0.3 is 24.4 Å². The first-order valence-corrected chi connectivity index (χ1v) is 14.9. The van der Waals surface area contributed by atoms with E-state index in [1.54, 1.807) is 18.3 Å². The van der Waals surface area contributed by atoms with Crippen LogP contribution in [0, 0.1) is 5.92 Å². The zero-order valence-corrected chi connectivity index (χ0v) is 24.8. The molecule has 2 unspecified atom stereocenters. The second kappa shape index (κ2) is 13.9. The number of rotatable bonds is 12. The Kier molecular flexibility index (Phi) is 9.79. The first-order chi connectivity index (χ1) is 20.5. The zero-order chi connectivity index (χ0) is 29.5. The summed E-state index contributed by atoms with van der Waals surface area (Å²) in [4.78, 5) is 30.9. The van der Waals surface area contributed by atoms with Gasteiger partial charge in [-0.05, 0) is 88.5 Å². The third-order valence-corrected chi connectivity index (χ3v) is 8.01. The van der Waals surface area contributed by atoms with E-state index in [1.807, 2.05) is 55.3 Å². The fraction of sp³-hybridized carbons (Fsp3) is 0.500. The summed E-state index contributed by atoms with van der Waals surface area (Å²) in [6, 6.07) is 7.24. The summed E-state index contributed by atoms with van der Waals surface area (Å²) in [5.74, 6) is 4.88. The van der Waals surface area contributed by atoms with Crippen molar-refractivity contribution in [2.75, 3.05) is 58.0 Å². The van der Waals surface area contributed by atoms with Gasteiger partial charge in [-0.25, -0.2) is 14.8 Å². The molecule has 1 aromatic rings. The minimum Gasteiger partial charge on any atom is -0.493 e. The molecule has 1 aromatic carbocycles. The van der Waals surface area contributed by atoms with Crippen LogP contribution in [0.2, 0.25) is 0 Å². The van der Waals surface area contributed by atoms with Gasteiger partial charge in [0.25, 0.3) is 0 Å². The van der Waals surface area contributed by atoms with Gasteiger partial charge in [-0.2, -0.15) is 0 Å². The number of hydrazine groups is 1. The summed E-state index contributed by atoms with van der Waals surface area (Å²) in [5.41, 5.74) is 2.87. The lowest BCUT2D eigenvalue weighted by Gasteiger charge is -2.42. The van der Waals surface area contributed by atoms with Crippen molar-refractivity contribution in [2.45, 2.75) is 45.3 Å². The van der Waals surface area contributed by atoms with Gasteiger partial charge in [0, 0.05) is 38.0 Å². The van der Waals surface area contributed by atoms with Crippen molar-refractivity contribution in [3.05, 3.63) is 64.8 Å². The van der Waals surface area contributed by atoms with E-state index in [4.69, 9.17) is 14.2 Å². The summed E-state index contributed by atoms with van der Waals surface area (Å²) in [5, 5.41) is 7.06. The third kappa shape index (κ3) is 6.78. The predicted molar refractivity (Wildman–Crippen MR) is 162 cm³/mol. The van der Waals surface area contributed by atoms with E-state index >= 15 is 0 Å². The lowest BCUT2D eigenvalue weighted by atomic mass is 9.92. The number of benzene rings is 1. The van der Waals surface area contributed by atoms with Crippen molar-refractivity contribution >= 4 is 24.3 Å². The molecule has 0 radical (unpaired) electrons. The average Bonchev–Trinajstić information content (AvgIpc) is 3.53. The van der Waals surface area contributed by atoms with E-state index in [0.29, 0.717) is 49.9 Å². The molecule has 224 valence electrons. The molecule has 0 bridgehead atoms. The molecule has 10 nitrogen and oxygen atoms in total. The molecular formula is C32H41N5O5. The Hall–Kier alpha value is -3.85. The number of aliphatic imine (C=N–C) groups is 1. The maximum Gasteiger partial charge on any atom is 0.228 e. The topological polar surface area (TPSA) is 95.9 Å². The average molecular weight is 576 g/mol. The lowest BCUT2D eigenvalue weighted by molar-refractivity contribution is -0.110. The largest absolute Gasteiger partial charge is 0.493 e. The maximum atomic E-state index is 12.1. The fourth-order valence-corrected chi connectivity index (χ4v) is 5.91. The Balaban J connectivity index is 1.26. The second-order valence-corrected chi connectivity index (χ2v) is 11.2. The summed E-state index contributed by atoms with van der Waals surface area (Å²) >= 11 is 0. The highest BCUT2D eigenvalue weighted by molar-refractivity contribution is 5.97. The van der Waals surface area contributed by atoms with Gasteiger partial charge in [0.1, 0.15) is 17.3 Å². The predicted octanol–water partition coefficient (Wildman–Crippen LogP) is 3.27. The molecule has 1 N–H and O–H groups in total. The minimum absolute atomic E-state index is 0.0778.